The molecule has 0 heterocycles. The van der Waals surface area contributed by atoms with Gasteiger partial charge in [0.05, 0.1) is 0 Å². The Bertz CT molecular complexity index is 777. The molecule has 0 bridgehead atoms. The number of nitrogens with two attached hydrogens (primary N) is 2. The molecular formula is C21H22N2. The quantitative estimate of drug-likeness (QED) is 0.692. The van der Waals surface area contributed by atoms with Crippen molar-refractivity contribution in [1.29, 1.82) is 0 Å². The Morgan fingerprint density at radius 1 is 0.783 bits per heavy atom. The summed E-state index contributed by atoms with van der Waals surface area (Å²) >= 11 is 0. The molecule has 0 saturated carbocycles. The van der Waals surface area contributed by atoms with Crippen molar-refractivity contribution >= 4 is 11.4 Å². The zero-order valence-corrected chi connectivity index (χ0v) is 13.4. The second-order valence-corrected chi connectivity index (χ2v) is 6.01. The highest BCUT2D eigenvalue weighted by Gasteiger charge is 2.11. The Hall–Kier alpha value is -2.74. The van der Waals surface area contributed by atoms with Gasteiger partial charge in [-0.05, 0) is 40.8 Å². The zero-order chi connectivity index (χ0) is 16.2. The van der Waals surface area contributed by atoms with Crippen LogP contribution in [0, 0.1) is 0 Å². The van der Waals surface area contributed by atoms with Crippen LogP contribution in [0.15, 0.2) is 72.8 Å². The average Bonchev–Trinajstić information content (AvgIpc) is 2.56. The third kappa shape index (κ3) is 3.54. The van der Waals surface area contributed by atoms with Gasteiger partial charge in [-0.3, -0.25) is 0 Å². The topological polar surface area (TPSA) is 52.0 Å². The minimum Gasteiger partial charge on any atom is -0.399 e. The van der Waals surface area contributed by atoms with E-state index in [2.05, 4.69) is 55.5 Å². The maximum atomic E-state index is 6.11. The molecule has 2 heteroatoms. The number of anilines is 2. The predicted octanol–water partition coefficient (Wildman–Crippen LogP) is 4.59. The van der Waals surface area contributed by atoms with E-state index in [1.807, 2.05) is 24.3 Å². The van der Waals surface area contributed by atoms with Crippen molar-refractivity contribution in [3.8, 4) is 0 Å². The van der Waals surface area contributed by atoms with Gasteiger partial charge in [-0.2, -0.15) is 0 Å². The van der Waals surface area contributed by atoms with Gasteiger partial charge in [0.2, 0.25) is 0 Å². The molecule has 0 fully saturated rings. The molecule has 0 amide bonds. The Morgan fingerprint density at radius 2 is 1.43 bits per heavy atom. The largest absolute Gasteiger partial charge is 0.399 e. The molecule has 0 radical (unpaired) electrons. The van der Waals surface area contributed by atoms with Crippen LogP contribution >= 0.6 is 0 Å². The van der Waals surface area contributed by atoms with E-state index in [4.69, 9.17) is 11.5 Å². The average molecular weight is 302 g/mol. The summed E-state index contributed by atoms with van der Waals surface area (Å²) in [5.41, 5.74) is 18.4. The predicted molar refractivity (Wildman–Crippen MR) is 98.5 cm³/mol. The number of hydrogen-bond donors (Lipinski definition) is 2. The van der Waals surface area contributed by atoms with E-state index < -0.39 is 0 Å². The molecule has 0 aliphatic carbocycles. The molecule has 0 spiro atoms. The Kier molecular flexibility index (Phi) is 4.33. The third-order valence-electron chi connectivity index (χ3n) is 4.31. The van der Waals surface area contributed by atoms with Crippen molar-refractivity contribution in [2.45, 2.75) is 19.3 Å². The monoisotopic (exact) mass is 302 g/mol. The van der Waals surface area contributed by atoms with E-state index >= 15 is 0 Å². The first-order valence-electron chi connectivity index (χ1n) is 7.91. The molecule has 116 valence electrons. The molecule has 3 rings (SSSR count). The molecule has 1 atom stereocenters. The normalized spacial score (nSPS) is 12.0. The standard InChI is InChI=1S/C21H22N2/c1-15(20-12-11-19(22)14-21(20)23)18-9-7-17(8-10-18)13-16-5-3-2-4-6-16/h2-12,14-15H,13,22-23H2,1H3. The van der Waals surface area contributed by atoms with Crippen molar-refractivity contribution in [3.05, 3.63) is 95.1 Å². The van der Waals surface area contributed by atoms with E-state index in [1.165, 1.54) is 16.7 Å². The molecule has 0 aromatic heterocycles. The lowest BCUT2D eigenvalue weighted by Gasteiger charge is -2.16. The van der Waals surface area contributed by atoms with Crippen LogP contribution in [0.1, 0.15) is 35.1 Å². The highest BCUT2D eigenvalue weighted by atomic mass is 14.6. The third-order valence-corrected chi connectivity index (χ3v) is 4.31. The van der Waals surface area contributed by atoms with Gasteiger partial charge >= 0.3 is 0 Å². The maximum Gasteiger partial charge on any atom is 0.0373 e. The van der Waals surface area contributed by atoms with Crippen LogP contribution in [-0.2, 0) is 6.42 Å². The number of nitrogen functional groups attached to an aromatic ring is 2. The molecule has 1 unspecified atom stereocenters. The van der Waals surface area contributed by atoms with Gasteiger partial charge in [0.25, 0.3) is 0 Å². The second kappa shape index (κ2) is 6.57. The summed E-state index contributed by atoms with van der Waals surface area (Å²) in [6.07, 6.45) is 0.958. The number of benzene rings is 3. The van der Waals surface area contributed by atoms with Crippen molar-refractivity contribution < 1.29 is 0 Å². The first kappa shape index (κ1) is 15.2. The first-order chi connectivity index (χ1) is 11.1. The van der Waals surface area contributed by atoms with Crippen molar-refractivity contribution in [1.82, 2.24) is 0 Å². The fraction of sp³-hybridized carbons (Fsp3) is 0.143. The lowest BCUT2D eigenvalue weighted by molar-refractivity contribution is 0.924. The van der Waals surface area contributed by atoms with E-state index in [1.54, 1.807) is 0 Å². The summed E-state index contributed by atoms with van der Waals surface area (Å²) in [7, 11) is 0. The molecule has 3 aromatic carbocycles. The number of rotatable bonds is 4. The second-order valence-electron chi connectivity index (χ2n) is 6.01. The lowest BCUT2D eigenvalue weighted by Crippen LogP contribution is -2.02. The minimum absolute atomic E-state index is 0.251. The summed E-state index contributed by atoms with van der Waals surface area (Å²) in [5, 5.41) is 0. The fourth-order valence-electron chi connectivity index (χ4n) is 2.92. The van der Waals surface area contributed by atoms with E-state index in [0.717, 1.165) is 17.7 Å². The molecule has 3 aromatic rings. The summed E-state index contributed by atoms with van der Waals surface area (Å²) in [6.45, 7) is 2.17. The van der Waals surface area contributed by atoms with Gasteiger partial charge in [-0.15, -0.1) is 0 Å². The molecule has 23 heavy (non-hydrogen) atoms. The van der Waals surface area contributed by atoms with Gasteiger partial charge < -0.3 is 11.5 Å². The Morgan fingerprint density at radius 3 is 2.09 bits per heavy atom. The summed E-state index contributed by atoms with van der Waals surface area (Å²) in [4.78, 5) is 0. The van der Waals surface area contributed by atoms with Gasteiger partial charge in [0, 0.05) is 17.3 Å². The van der Waals surface area contributed by atoms with E-state index in [0.29, 0.717) is 5.69 Å². The van der Waals surface area contributed by atoms with Crippen LogP contribution < -0.4 is 11.5 Å². The molecule has 0 saturated heterocycles. The highest BCUT2D eigenvalue weighted by molar-refractivity contribution is 5.59. The van der Waals surface area contributed by atoms with Crippen LogP contribution in [0.5, 0.6) is 0 Å². The Balaban J connectivity index is 1.78. The minimum atomic E-state index is 0.251. The maximum absolute atomic E-state index is 6.11. The zero-order valence-electron chi connectivity index (χ0n) is 13.4. The van der Waals surface area contributed by atoms with Gasteiger partial charge in [-0.1, -0.05) is 67.6 Å². The SMILES string of the molecule is CC(c1ccc(Cc2ccccc2)cc1)c1ccc(N)cc1N. The van der Waals surface area contributed by atoms with E-state index in [-0.39, 0.29) is 5.92 Å². The molecule has 2 nitrogen and oxygen atoms in total. The van der Waals surface area contributed by atoms with Gasteiger partial charge in [-0.25, -0.2) is 0 Å². The van der Waals surface area contributed by atoms with Gasteiger partial charge in [0.1, 0.15) is 0 Å². The lowest BCUT2D eigenvalue weighted by atomic mass is 9.90. The molecule has 0 aliphatic heterocycles. The van der Waals surface area contributed by atoms with Crippen molar-refractivity contribution in [3.63, 3.8) is 0 Å². The van der Waals surface area contributed by atoms with Crippen LogP contribution in [-0.4, -0.2) is 0 Å². The first-order valence-corrected chi connectivity index (χ1v) is 7.91. The Labute approximate surface area is 137 Å². The molecule has 0 aliphatic rings. The van der Waals surface area contributed by atoms with Gasteiger partial charge in [0.15, 0.2) is 0 Å². The molecular weight excluding hydrogens is 280 g/mol. The summed E-state index contributed by atoms with van der Waals surface area (Å²) in [5.74, 6) is 0.251. The smallest absolute Gasteiger partial charge is 0.0373 e. The van der Waals surface area contributed by atoms with Crippen LogP contribution in [0.4, 0.5) is 11.4 Å². The van der Waals surface area contributed by atoms with Crippen LogP contribution in [0.3, 0.4) is 0 Å². The summed E-state index contributed by atoms with van der Waals surface area (Å²) < 4.78 is 0. The highest BCUT2D eigenvalue weighted by Crippen LogP contribution is 2.30. The van der Waals surface area contributed by atoms with Crippen LogP contribution in [0.2, 0.25) is 0 Å². The molecule has 4 N–H and O–H groups in total. The van der Waals surface area contributed by atoms with Crippen LogP contribution in [0.25, 0.3) is 0 Å². The van der Waals surface area contributed by atoms with E-state index in [9.17, 15) is 0 Å². The van der Waals surface area contributed by atoms with Crippen molar-refractivity contribution in [2.75, 3.05) is 11.5 Å². The number of hydrogen-bond acceptors (Lipinski definition) is 2. The summed E-state index contributed by atoms with van der Waals surface area (Å²) in [6, 6.07) is 25.1. The van der Waals surface area contributed by atoms with Crippen molar-refractivity contribution in [2.24, 2.45) is 0 Å². The fourth-order valence-corrected chi connectivity index (χ4v) is 2.92.